The number of allylic oxidation sites excluding steroid dienone is 1. The van der Waals surface area contributed by atoms with Crippen LogP contribution >= 0.6 is 0 Å². The first-order chi connectivity index (χ1) is 5.93. The summed E-state index contributed by atoms with van der Waals surface area (Å²) in [4.78, 5) is 2.24. The van der Waals surface area contributed by atoms with Crippen molar-refractivity contribution in [2.75, 3.05) is 0 Å². The topological polar surface area (TPSA) is 0 Å². The normalized spacial score (nSPS) is 10.3. The molecular weight excluding hydrogens is 211 g/mol. The van der Waals surface area contributed by atoms with Gasteiger partial charge in [-0.3, -0.25) is 0 Å². The molecule has 0 aromatic heterocycles. The SMILES string of the molecule is C=CC[Se]/C=C\c1ccccc1. The second-order valence-electron chi connectivity index (χ2n) is 2.34. The van der Waals surface area contributed by atoms with E-state index in [0.717, 1.165) is 5.32 Å². The quantitative estimate of drug-likeness (QED) is 0.418. The van der Waals surface area contributed by atoms with Crippen molar-refractivity contribution in [1.29, 1.82) is 0 Å². The molecule has 0 bridgehead atoms. The molecule has 0 aliphatic rings. The van der Waals surface area contributed by atoms with Crippen molar-refractivity contribution in [1.82, 2.24) is 0 Å². The molecule has 0 unspecified atom stereocenters. The molecule has 0 amide bonds. The van der Waals surface area contributed by atoms with E-state index >= 15 is 0 Å². The summed E-state index contributed by atoms with van der Waals surface area (Å²) in [6.45, 7) is 3.69. The van der Waals surface area contributed by atoms with E-state index in [1.165, 1.54) is 5.56 Å². The van der Waals surface area contributed by atoms with E-state index in [1.54, 1.807) is 0 Å². The Kier molecular flexibility index (Phi) is 4.51. The van der Waals surface area contributed by atoms with Crippen molar-refractivity contribution in [3.05, 3.63) is 53.5 Å². The maximum atomic E-state index is 3.69. The van der Waals surface area contributed by atoms with Crippen LogP contribution < -0.4 is 0 Å². The van der Waals surface area contributed by atoms with Gasteiger partial charge in [0, 0.05) is 0 Å². The van der Waals surface area contributed by atoms with E-state index in [1.807, 2.05) is 12.1 Å². The van der Waals surface area contributed by atoms with Gasteiger partial charge in [-0.2, -0.15) is 0 Å². The molecule has 0 aliphatic carbocycles. The third-order valence-electron chi connectivity index (χ3n) is 1.37. The van der Waals surface area contributed by atoms with Gasteiger partial charge in [-0.05, 0) is 0 Å². The molecule has 0 aliphatic heterocycles. The van der Waals surface area contributed by atoms with Crippen molar-refractivity contribution in [2.24, 2.45) is 0 Å². The van der Waals surface area contributed by atoms with Crippen LogP contribution in [0.15, 0.2) is 48.0 Å². The third-order valence-corrected chi connectivity index (χ3v) is 2.96. The fourth-order valence-corrected chi connectivity index (χ4v) is 1.86. The molecule has 12 heavy (non-hydrogen) atoms. The van der Waals surface area contributed by atoms with E-state index in [-0.39, 0.29) is 0 Å². The zero-order chi connectivity index (χ0) is 8.65. The van der Waals surface area contributed by atoms with Gasteiger partial charge in [0.1, 0.15) is 0 Å². The molecule has 0 atom stereocenters. The van der Waals surface area contributed by atoms with Gasteiger partial charge < -0.3 is 0 Å². The molecule has 0 saturated carbocycles. The summed E-state index contributed by atoms with van der Waals surface area (Å²) >= 11 is 0.581. The number of hydrogen-bond acceptors (Lipinski definition) is 0. The van der Waals surface area contributed by atoms with E-state index in [2.05, 4.69) is 41.9 Å². The number of benzene rings is 1. The molecule has 0 N–H and O–H groups in total. The van der Waals surface area contributed by atoms with Crippen LogP contribution in [0.2, 0.25) is 5.32 Å². The maximum absolute atomic E-state index is 3.69. The first kappa shape index (κ1) is 9.31. The molecule has 1 rings (SSSR count). The van der Waals surface area contributed by atoms with Gasteiger partial charge in [0.15, 0.2) is 0 Å². The van der Waals surface area contributed by atoms with Crippen molar-refractivity contribution < 1.29 is 0 Å². The Morgan fingerprint density at radius 3 is 2.67 bits per heavy atom. The Labute approximate surface area is 80.2 Å². The molecule has 0 nitrogen and oxygen atoms in total. The van der Waals surface area contributed by atoms with Crippen molar-refractivity contribution in [3.63, 3.8) is 0 Å². The van der Waals surface area contributed by atoms with Crippen LogP contribution in [-0.4, -0.2) is 15.0 Å². The van der Waals surface area contributed by atoms with E-state index in [4.69, 9.17) is 0 Å². The number of hydrogen-bond donors (Lipinski definition) is 0. The fourth-order valence-electron chi connectivity index (χ4n) is 0.814. The van der Waals surface area contributed by atoms with Crippen LogP contribution in [-0.2, 0) is 0 Å². The third kappa shape index (κ3) is 3.56. The molecule has 62 valence electrons. The molecule has 1 aromatic rings. The molecule has 0 spiro atoms. The first-order valence-corrected chi connectivity index (χ1v) is 6.07. The molecule has 1 aromatic carbocycles. The van der Waals surface area contributed by atoms with Crippen molar-refractivity contribution in [3.8, 4) is 0 Å². The Bertz CT molecular complexity index is 249. The Hall–Kier alpha value is -0.781. The summed E-state index contributed by atoms with van der Waals surface area (Å²) in [7, 11) is 0. The summed E-state index contributed by atoms with van der Waals surface area (Å²) in [5, 5.41) is 1.12. The van der Waals surface area contributed by atoms with Gasteiger partial charge in [0.2, 0.25) is 0 Å². The summed E-state index contributed by atoms with van der Waals surface area (Å²) in [6, 6.07) is 10.4. The van der Waals surface area contributed by atoms with Crippen LogP contribution in [0.25, 0.3) is 6.08 Å². The fraction of sp³-hybridized carbons (Fsp3) is 0.0909. The Morgan fingerprint density at radius 2 is 2.00 bits per heavy atom. The molecule has 0 saturated heterocycles. The summed E-state index contributed by atoms with van der Waals surface area (Å²) in [5.74, 6) is 0. The molecular formula is C11H12Se. The minimum atomic E-state index is 0.581. The Morgan fingerprint density at radius 1 is 1.25 bits per heavy atom. The van der Waals surface area contributed by atoms with Gasteiger partial charge in [-0.1, -0.05) is 0 Å². The van der Waals surface area contributed by atoms with Crippen molar-refractivity contribution in [2.45, 2.75) is 5.32 Å². The average Bonchev–Trinajstić information content (AvgIpc) is 2.14. The Balaban J connectivity index is 2.41. The predicted octanol–water partition coefficient (Wildman–Crippen LogP) is 2.97. The van der Waals surface area contributed by atoms with Crippen LogP contribution in [0.4, 0.5) is 0 Å². The first-order valence-electron chi connectivity index (χ1n) is 3.87. The molecule has 0 fully saturated rings. The molecule has 0 heterocycles. The van der Waals surface area contributed by atoms with E-state index in [0.29, 0.717) is 15.0 Å². The van der Waals surface area contributed by atoms with Gasteiger partial charge in [0.05, 0.1) is 0 Å². The van der Waals surface area contributed by atoms with Crippen molar-refractivity contribution >= 4 is 21.0 Å². The predicted molar refractivity (Wildman–Crippen MR) is 56.2 cm³/mol. The average molecular weight is 223 g/mol. The summed E-state index contributed by atoms with van der Waals surface area (Å²) < 4.78 is 0. The summed E-state index contributed by atoms with van der Waals surface area (Å²) in [6.07, 6.45) is 4.14. The van der Waals surface area contributed by atoms with Gasteiger partial charge in [0.25, 0.3) is 0 Å². The minimum absolute atomic E-state index is 0.581. The van der Waals surface area contributed by atoms with Crippen LogP contribution in [0.1, 0.15) is 5.56 Å². The zero-order valence-electron chi connectivity index (χ0n) is 6.94. The molecule has 1 heteroatoms. The second kappa shape index (κ2) is 5.82. The van der Waals surface area contributed by atoms with Crippen LogP contribution in [0, 0.1) is 0 Å². The standard InChI is InChI=1S/C11H12Se/c1-2-9-12-10-8-11-6-4-3-5-7-11/h2-8,10H,1,9H2/b10-8-. The van der Waals surface area contributed by atoms with Gasteiger partial charge >= 0.3 is 79.9 Å². The van der Waals surface area contributed by atoms with Crippen LogP contribution in [0.3, 0.4) is 0 Å². The molecule has 0 radical (unpaired) electrons. The van der Waals surface area contributed by atoms with E-state index < -0.39 is 0 Å². The zero-order valence-corrected chi connectivity index (χ0v) is 8.65. The number of rotatable bonds is 4. The summed E-state index contributed by atoms with van der Waals surface area (Å²) in [5.41, 5.74) is 1.28. The van der Waals surface area contributed by atoms with Crippen LogP contribution in [0.5, 0.6) is 0 Å². The van der Waals surface area contributed by atoms with E-state index in [9.17, 15) is 0 Å². The monoisotopic (exact) mass is 224 g/mol. The second-order valence-corrected chi connectivity index (χ2v) is 4.31. The van der Waals surface area contributed by atoms with Gasteiger partial charge in [-0.25, -0.2) is 0 Å². The van der Waals surface area contributed by atoms with Gasteiger partial charge in [-0.15, -0.1) is 0 Å².